The lowest BCUT2D eigenvalue weighted by molar-refractivity contribution is -0.113. The van der Waals surface area contributed by atoms with Gasteiger partial charge in [-0.1, -0.05) is 42.7 Å². The van der Waals surface area contributed by atoms with Gasteiger partial charge in [0.25, 0.3) is 5.91 Å². The number of amides is 1. The van der Waals surface area contributed by atoms with Crippen LogP contribution in [0.25, 0.3) is 6.08 Å². The van der Waals surface area contributed by atoms with E-state index >= 15 is 0 Å². The fraction of sp³-hybridized carbons (Fsp3) is 0.182. The van der Waals surface area contributed by atoms with Crippen molar-refractivity contribution in [3.05, 3.63) is 65.6 Å². The molecule has 150 valence electrons. The molecule has 0 spiro atoms. The van der Waals surface area contributed by atoms with Crippen molar-refractivity contribution in [3.63, 3.8) is 0 Å². The average Bonchev–Trinajstić information content (AvgIpc) is 3.00. The molecule has 0 N–H and O–H groups in total. The molecule has 0 radical (unpaired) electrons. The second-order valence-electron chi connectivity index (χ2n) is 5.95. The summed E-state index contributed by atoms with van der Waals surface area (Å²) >= 11 is 6.70. The molecule has 1 aliphatic rings. The van der Waals surface area contributed by atoms with E-state index in [1.807, 2.05) is 43.3 Å². The van der Waals surface area contributed by atoms with Crippen LogP contribution in [0.4, 0.5) is 5.69 Å². The Morgan fingerprint density at radius 1 is 1.14 bits per heavy atom. The van der Waals surface area contributed by atoms with E-state index in [9.17, 15) is 4.79 Å². The third-order valence-electron chi connectivity index (χ3n) is 4.05. The van der Waals surface area contributed by atoms with E-state index in [1.54, 1.807) is 25.3 Å². The molecular formula is C22H21NO4S2. The van der Waals surface area contributed by atoms with Gasteiger partial charge in [-0.3, -0.25) is 9.69 Å². The summed E-state index contributed by atoms with van der Waals surface area (Å²) in [5, 5.41) is 0. The SMILES string of the molecule is C=CCOc1ccc(C=C2SC(=S)N(c3ccc(OC)cc3)C2=O)cc1OCC. The lowest BCUT2D eigenvalue weighted by atomic mass is 10.1. The van der Waals surface area contributed by atoms with Crippen molar-refractivity contribution >= 4 is 46.0 Å². The van der Waals surface area contributed by atoms with Gasteiger partial charge in [0.15, 0.2) is 15.8 Å². The van der Waals surface area contributed by atoms with Crippen LogP contribution in [-0.2, 0) is 4.79 Å². The molecule has 1 amide bonds. The van der Waals surface area contributed by atoms with E-state index in [0.29, 0.717) is 39.6 Å². The molecule has 0 atom stereocenters. The minimum atomic E-state index is -0.157. The first-order chi connectivity index (χ1) is 14.1. The Hall–Kier alpha value is -2.77. The van der Waals surface area contributed by atoms with Crippen molar-refractivity contribution in [1.82, 2.24) is 0 Å². The Balaban J connectivity index is 1.86. The first kappa shape index (κ1) is 21.0. The normalized spacial score (nSPS) is 15.0. The fourth-order valence-corrected chi connectivity index (χ4v) is 4.02. The van der Waals surface area contributed by atoms with Gasteiger partial charge in [-0.25, -0.2) is 0 Å². The van der Waals surface area contributed by atoms with Gasteiger partial charge in [0.05, 0.1) is 24.3 Å². The fourth-order valence-electron chi connectivity index (χ4n) is 2.72. The summed E-state index contributed by atoms with van der Waals surface area (Å²) in [7, 11) is 1.60. The molecule has 0 bridgehead atoms. The summed E-state index contributed by atoms with van der Waals surface area (Å²) in [6.45, 7) is 6.46. The number of carbonyl (C=O) groups is 1. The highest BCUT2D eigenvalue weighted by molar-refractivity contribution is 8.27. The van der Waals surface area contributed by atoms with Crippen molar-refractivity contribution in [1.29, 1.82) is 0 Å². The predicted octanol–water partition coefficient (Wildman–Crippen LogP) is 5.06. The smallest absolute Gasteiger partial charge is 0.270 e. The summed E-state index contributed by atoms with van der Waals surface area (Å²) in [6.07, 6.45) is 3.48. The van der Waals surface area contributed by atoms with Crippen LogP contribution in [0, 0.1) is 0 Å². The van der Waals surface area contributed by atoms with Gasteiger partial charge in [-0.05, 0) is 55.0 Å². The third-order valence-corrected chi connectivity index (χ3v) is 5.35. The van der Waals surface area contributed by atoms with E-state index in [0.717, 1.165) is 11.3 Å². The molecule has 5 nitrogen and oxygen atoms in total. The van der Waals surface area contributed by atoms with E-state index < -0.39 is 0 Å². The summed E-state index contributed by atoms with van der Waals surface area (Å²) < 4.78 is 17.0. The van der Waals surface area contributed by atoms with Crippen molar-refractivity contribution in [2.75, 3.05) is 25.2 Å². The Labute approximate surface area is 179 Å². The topological polar surface area (TPSA) is 48.0 Å². The molecule has 1 heterocycles. The molecule has 2 aromatic rings. The number of thiocarbonyl (C=S) groups is 1. The first-order valence-electron chi connectivity index (χ1n) is 9.00. The maximum absolute atomic E-state index is 12.9. The Bertz CT molecular complexity index is 954. The van der Waals surface area contributed by atoms with Crippen molar-refractivity contribution in [3.8, 4) is 17.2 Å². The highest BCUT2D eigenvalue weighted by Crippen LogP contribution is 2.37. The zero-order valence-electron chi connectivity index (χ0n) is 16.2. The molecule has 0 saturated carbocycles. The molecular weight excluding hydrogens is 406 g/mol. The second-order valence-corrected chi connectivity index (χ2v) is 7.63. The number of hydrogen-bond donors (Lipinski definition) is 0. The number of rotatable bonds is 8. The molecule has 1 saturated heterocycles. The van der Waals surface area contributed by atoms with E-state index in [-0.39, 0.29) is 5.91 Å². The number of benzene rings is 2. The average molecular weight is 428 g/mol. The Morgan fingerprint density at radius 3 is 2.55 bits per heavy atom. The summed E-state index contributed by atoms with van der Waals surface area (Å²) in [5.74, 6) is 1.82. The zero-order chi connectivity index (χ0) is 20.8. The van der Waals surface area contributed by atoms with Gasteiger partial charge in [0, 0.05) is 0 Å². The molecule has 2 aromatic carbocycles. The Kier molecular flexibility index (Phi) is 6.95. The Morgan fingerprint density at radius 2 is 1.90 bits per heavy atom. The summed E-state index contributed by atoms with van der Waals surface area (Å²) in [6, 6.07) is 12.8. The number of nitrogens with zero attached hydrogens (tertiary/aromatic N) is 1. The number of methoxy groups -OCH3 is 1. The predicted molar refractivity (Wildman–Crippen MR) is 122 cm³/mol. The molecule has 1 fully saturated rings. The van der Waals surface area contributed by atoms with E-state index in [2.05, 4.69) is 6.58 Å². The quantitative estimate of drug-likeness (QED) is 0.333. The van der Waals surface area contributed by atoms with Gasteiger partial charge < -0.3 is 14.2 Å². The maximum Gasteiger partial charge on any atom is 0.270 e. The molecule has 0 unspecified atom stereocenters. The van der Waals surface area contributed by atoms with Crippen LogP contribution in [0.2, 0.25) is 0 Å². The van der Waals surface area contributed by atoms with Crippen molar-refractivity contribution < 1.29 is 19.0 Å². The number of carbonyl (C=O) groups excluding carboxylic acids is 1. The standard InChI is InChI=1S/C22H21NO4S2/c1-4-12-27-18-11-6-15(13-19(18)26-5-2)14-20-21(24)23(22(28)29-20)16-7-9-17(25-3)10-8-16/h4,6-11,13-14H,1,5,12H2,2-3H3. The lowest BCUT2D eigenvalue weighted by Crippen LogP contribution is -2.27. The van der Waals surface area contributed by atoms with Crippen LogP contribution in [0.3, 0.4) is 0 Å². The van der Waals surface area contributed by atoms with Gasteiger partial charge in [-0.15, -0.1) is 0 Å². The molecule has 29 heavy (non-hydrogen) atoms. The largest absolute Gasteiger partial charge is 0.497 e. The molecule has 0 aliphatic carbocycles. The van der Waals surface area contributed by atoms with Gasteiger partial charge in [0.1, 0.15) is 12.4 Å². The lowest BCUT2D eigenvalue weighted by Gasteiger charge is -2.14. The van der Waals surface area contributed by atoms with E-state index in [1.165, 1.54) is 16.7 Å². The van der Waals surface area contributed by atoms with Crippen LogP contribution in [-0.4, -0.2) is 30.6 Å². The van der Waals surface area contributed by atoms with Crippen LogP contribution in [0.5, 0.6) is 17.2 Å². The van der Waals surface area contributed by atoms with Crippen molar-refractivity contribution in [2.45, 2.75) is 6.92 Å². The molecule has 0 aromatic heterocycles. The molecule has 7 heteroatoms. The van der Waals surface area contributed by atoms with Crippen molar-refractivity contribution in [2.24, 2.45) is 0 Å². The van der Waals surface area contributed by atoms with Crippen LogP contribution in [0.1, 0.15) is 12.5 Å². The molecule has 1 aliphatic heterocycles. The summed E-state index contributed by atoms with van der Waals surface area (Å²) in [4.78, 5) is 15.0. The van der Waals surface area contributed by atoms with Crippen LogP contribution in [0.15, 0.2) is 60.0 Å². The van der Waals surface area contributed by atoms with Gasteiger partial charge >= 0.3 is 0 Å². The zero-order valence-corrected chi connectivity index (χ0v) is 17.8. The maximum atomic E-state index is 12.9. The third kappa shape index (κ3) is 4.81. The molecule has 3 rings (SSSR count). The monoisotopic (exact) mass is 427 g/mol. The summed E-state index contributed by atoms with van der Waals surface area (Å²) in [5.41, 5.74) is 1.54. The number of thioether (sulfide) groups is 1. The number of ether oxygens (including phenoxy) is 3. The minimum Gasteiger partial charge on any atom is -0.497 e. The van der Waals surface area contributed by atoms with Crippen LogP contribution >= 0.6 is 24.0 Å². The van der Waals surface area contributed by atoms with Gasteiger partial charge in [-0.2, -0.15) is 0 Å². The van der Waals surface area contributed by atoms with E-state index in [4.69, 9.17) is 26.4 Å². The van der Waals surface area contributed by atoms with Crippen LogP contribution < -0.4 is 19.1 Å². The second kappa shape index (κ2) is 9.62. The highest BCUT2D eigenvalue weighted by atomic mass is 32.2. The number of hydrogen-bond acceptors (Lipinski definition) is 6. The first-order valence-corrected chi connectivity index (χ1v) is 10.2. The highest BCUT2D eigenvalue weighted by Gasteiger charge is 2.33. The van der Waals surface area contributed by atoms with Gasteiger partial charge in [0.2, 0.25) is 0 Å². The minimum absolute atomic E-state index is 0.157. The number of anilines is 1.